The maximum absolute atomic E-state index is 12.8. The maximum Gasteiger partial charge on any atom is 0.337 e. The molecule has 0 saturated carbocycles. The number of piperidine rings is 1. The minimum Gasteiger partial charge on any atom is -0.472 e. The van der Waals surface area contributed by atoms with Gasteiger partial charge in [-0.05, 0) is 45.6 Å². The van der Waals surface area contributed by atoms with Crippen LogP contribution in [0, 0.1) is 5.41 Å². The Balaban J connectivity index is 1.52. The maximum atomic E-state index is 12.8. The highest BCUT2D eigenvalue weighted by Crippen LogP contribution is 2.42. The van der Waals surface area contributed by atoms with Crippen molar-refractivity contribution >= 4 is 17.1 Å². The van der Waals surface area contributed by atoms with Crippen LogP contribution in [0.4, 0.5) is 0 Å². The first-order valence-electron chi connectivity index (χ1n) is 11.3. The molecule has 5 heterocycles. The quantitative estimate of drug-likeness (QED) is 0.464. The second-order valence-electron chi connectivity index (χ2n) is 8.73. The van der Waals surface area contributed by atoms with Crippen molar-refractivity contribution in [3.05, 3.63) is 51.3 Å². The van der Waals surface area contributed by atoms with Gasteiger partial charge in [0.15, 0.2) is 11.2 Å². The lowest BCUT2D eigenvalue weighted by molar-refractivity contribution is 0.100. The minimum atomic E-state index is -0.596. The second-order valence-corrected chi connectivity index (χ2v) is 8.73. The van der Waals surface area contributed by atoms with Crippen LogP contribution >= 0.6 is 0 Å². The Morgan fingerprint density at radius 2 is 1.94 bits per heavy atom. The molecule has 2 aliphatic rings. The van der Waals surface area contributed by atoms with Crippen LogP contribution in [0.1, 0.15) is 51.1 Å². The van der Waals surface area contributed by atoms with E-state index >= 15 is 0 Å². The topological polar surface area (TPSA) is 116 Å². The Labute approximate surface area is 185 Å². The van der Waals surface area contributed by atoms with Gasteiger partial charge in [-0.15, -0.1) is 0 Å². The van der Waals surface area contributed by atoms with Gasteiger partial charge in [-0.25, -0.2) is 14.3 Å². The Hall–Kier alpha value is -3.14. The summed E-state index contributed by atoms with van der Waals surface area (Å²) in [6.07, 6.45) is 9.28. The van der Waals surface area contributed by atoms with Crippen molar-refractivity contribution in [3.63, 3.8) is 0 Å². The van der Waals surface area contributed by atoms with Crippen molar-refractivity contribution in [2.24, 2.45) is 0 Å². The summed E-state index contributed by atoms with van der Waals surface area (Å²) in [6.45, 7) is 5.94. The van der Waals surface area contributed by atoms with Gasteiger partial charge in [-0.2, -0.15) is 0 Å². The summed E-state index contributed by atoms with van der Waals surface area (Å²) >= 11 is 0. The lowest BCUT2D eigenvalue weighted by Gasteiger charge is -2.39. The number of aromatic nitrogens is 4. The summed E-state index contributed by atoms with van der Waals surface area (Å²) in [5, 5.41) is 8.67. The number of hydrogen-bond donors (Lipinski definition) is 2. The number of H-pyrrole nitrogens is 1. The molecule has 2 aliphatic heterocycles. The molecular formula is C22H29N7O3. The second kappa shape index (κ2) is 8.09. The average molecular weight is 440 g/mol. The minimum absolute atomic E-state index is 0.0587. The van der Waals surface area contributed by atoms with Crippen LogP contribution in [0.15, 0.2) is 38.9 Å². The first-order chi connectivity index (χ1) is 15.5. The molecule has 32 heavy (non-hydrogen) atoms. The molecule has 2 fully saturated rings. The molecule has 2 N–H and O–H groups in total. The molecule has 0 aromatic carbocycles. The van der Waals surface area contributed by atoms with Gasteiger partial charge in [0.25, 0.3) is 5.56 Å². The lowest BCUT2D eigenvalue weighted by atomic mass is 9.96. The Morgan fingerprint density at radius 3 is 2.56 bits per heavy atom. The normalized spacial score (nSPS) is 23.1. The van der Waals surface area contributed by atoms with Crippen molar-refractivity contribution in [2.45, 2.75) is 64.2 Å². The monoisotopic (exact) mass is 439 g/mol. The Kier molecular flexibility index (Phi) is 5.24. The summed E-state index contributed by atoms with van der Waals surface area (Å²) in [6, 6.07) is 2.99. The molecule has 0 amide bonds. The highest BCUT2D eigenvalue weighted by atomic mass is 16.3. The van der Waals surface area contributed by atoms with Crippen LogP contribution in [-0.2, 0) is 6.54 Å². The molecule has 2 unspecified atom stereocenters. The smallest absolute Gasteiger partial charge is 0.337 e. The molecular weight excluding hydrogens is 410 g/mol. The molecule has 10 nitrogen and oxygen atoms in total. The van der Waals surface area contributed by atoms with E-state index in [1.165, 1.54) is 10.1 Å². The van der Waals surface area contributed by atoms with Crippen molar-refractivity contribution in [3.8, 4) is 0 Å². The number of aromatic amines is 1. The van der Waals surface area contributed by atoms with E-state index in [0.717, 1.165) is 32.2 Å². The third-order valence-corrected chi connectivity index (χ3v) is 7.09. The Bertz CT molecular complexity index is 1220. The fourth-order valence-electron chi connectivity index (χ4n) is 5.50. The van der Waals surface area contributed by atoms with E-state index in [9.17, 15) is 9.59 Å². The molecule has 3 aromatic rings. The van der Waals surface area contributed by atoms with Gasteiger partial charge in [0.1, 0.15) is 0 Å². The third kappa shape index (κ3) is 3.29. The third-order valence-electron chi connectivity index (χ3n) is 7.09. The van der Waals surface area contributed by atoms with Crippen molar-refractivity contribution < 1.29 is 4.42 Å². The van der Waals surface area contributed by atoms with Crippen LogP contribution in [0.25, 0.3) is 11.2 Å². The van der Waals surface area contributed by atoms with Crippen molar-refractivity contribution in [2.75, 3.05) is 13.1 Å². The molecule has 10 heteroatoms. The molecule has 5 rings (SSSR count). The fraction of sp³-hybridized carbons (Fsp3) is 0.545. The standard InChI is InChI=1S/C22H29N7O3/c1-3-26(4-2)21(23)29-20-18(19(30)25-22(29)31)24-13-28(20)17-9-15-5-6-16(10-17)27(15)11-14-7-8-32-12-14/h7-8,12-13,15-17,23H,3-6,9-11H2,1-2H3,(H,25,30,31). The summed E-state index contributed by atoms with van der Waals surface area (Å²) in [4.78, 5) is 36.4. The zero-order valence-electron chi connectivity index (χ0n) is 18.5. The van der Waals surface area contributed by atoms with Crippen LogP contribution in [0.3, 0.4) is 0 Å². The molecule has 170 valence electrons. The number of nitrogens with zero attached hydrogens (tertiary/aromatic N) is 5. The van der Waals surface area contributed by atoms with E-state index in [1.807, 2.05) is 24.5 Å². The van der Waals surface area contributed by atoms with E-state index in [-0.39, 0.29) is 17.5 Å². The van der Waals surface area contributed by atoms with Gasteiger partial charge in [0.2, 0.25) is 5.96 Å². The number of hydrogen-bond acceptors (Lipinski definition) is 6. The number of fused-ring (bicyclic) bond motifs is 3. The molecule has 0 aliphatic carbocycles. The van der Waals surface area contributed by atoms with E-state index < -0.39 is 11.2 Å². The summed E-state index contributed by atoms with van der Waals surface area (Å²) in [5.41, 5.74) is 0.703. The zero-order valence-corrected chi connectivity index (χ0v) is 18.5. The largest absolute Gasteiger partial charge is 0.472 e. The number of rotatable bonds is 5. The van der Waals surface area contributed by atoms with Gasteiger partial charge in [0.05, 0.1) is 18.9 Å². The molecule has 0 radical (unpaired) electrons. The predicted molar refractivity (Wildman–Crippen MR) is 120 cm³/mol. The van der Waals surface area contributed by atoms with E-state index in [1.54, 1.807) is 23.8 Å². The van der Waals surface area contributed by atoms with Gasteiger partial charge < -0.3 is 13.9 Å². The van der Waals surface area contributed by atoms with E-state index in [2.05, 4.69) is 14.9 Å². The SMILES string of the molecule is CCN(CC)C(=N)n1c(=O)[nH]c(=O)c2ncn(C3CC4CCC(C3)N4Cc3ccoc3)c21. The lowest BCUT2D eigenvalue weighted by Crippen LogP contribution is -2.45. The van der Waals surface area contributed by atoms with E-state index in [4.69, 9.17) is 9.83 Å². The number of imidazole rings is 1. The average Bonchev–Trinajstić information content (AvgIpc) is 3.49. The summed E-state index contributed by atoms with van der Waals surface area (Å²) in [5.74, 6) is 0.0587. The molecule has 0 spiro atoms. The van der Waals surface area contributed by atoms with Crippen LogP contribution in [0.2, 0.25) is 0 Å². The highest BCUT2D eigenvalue weighted by molar-refractivity contribution is 5.87. The van der Waals surface area contributed by atoms with Crippen LogP contribution in [0.5, 0.6) is 0 Å². The van der Waals surface area contributed by atoms with Crippen LogP contribution < -0.4 is 11.2 Å². The first kappa shape index (κ1) is 20.7. The summed E-state index contributed by atoms with van der Waals surface area (Å²) < 4.78 is 8.51. The number of furan rings is 1. The molecule has 2 atom stereocenters. The Morgan fingerprint density at radius 1 is 1.22 bits per heavy atom. The van der Waals surface area contributed by atoms with Crippen LogP contribution in [-0.4, -0.2) is 60.0 Å². The summed E-state index contributed by atoms with van der Waals surface area (Å²) in [7, 11) is 0. The van der Waals surface area contributed by atoms with Gasteiger partial charge in [-0.3, -0.25) is 20.1 Å². The predicted octanol–water partition coefficient (Wildman–Crippen LogP) is 1.97. The molecule has 2 saturated heterocycles. The van der Waals surface area contributed by atoms with Gasteiger partial charge in [0, 0.05) is 43.3 Å². The molecule has 3 aromatic heterocycles. The van der Waals surface area contributed by atoms with Crippen molar-refractivity contribution in [1.29, 1.82) is 5.41 Å². The fourth-order valence-corrected chi connectivity index (χ4v) is 5.50. The zero-order chi connectivity index (χ0) is 22.4. The van der Waals surface area contributed by atoms with E-state index in [0.29, 0.717) is 30.8 Å². The van der Waals surface area contributed by atoms with Crippen molar-refractivity contribution in [1.82, 2.24) is 28.9 Å². The highest BCUT2D eigenvalue weighted by Gasteiger charge is 2.42. The van der Waals surface area contributed by atoms with Gasteiger partial charge >= 0.3 is 5.69 Å². The number of nitrogens with one attached hydrogen (secondary N) is 2. The molecule has 2 bridgehead atoms. The first-order valence-corrected chi connectivity index (χ1v) is 11.3. The van der Waals surface area contributed by atoms with Gasteiger partial charge in [-0.1, -0.05) is 0 Å².